The van der Waals surface area contributed by atoms with E-state index in [-0.39, 0.29) is 16.6 Å². The van der Waals surface area contributed by atoms with Gasteiger partial charge in [-0.3, -0.25) is 9.00 Å². The summed E-state index contributed by atoms with van der Waals surface area (Å²) in [4.78, 5) is 11.2. The molecule has 1 rings (SSSR count). The molecular weight excluding hydrogens is 224 g/mol. The smallest absolute Gasteiger partial charge is 0.306 e. The van der Waals surface area contributed by atoms with Crippen LogP contribution in [0.5, 0.6) is 0 Å². The zero-order valence-electron chi connectivity index (χ0n) is 10.5. The molecule has 0 heterocycles. The molecule has 0 aromatic carbocycles. The molecule has 1 fully saturated rings. The summed E-state index contributed by atoms with van der Waals surface area (Å²) in [5.41, 5.74) is -0.0000438. The Hall–Kier alpha value is -0.380. The third-order valence-corrected chi connectivity index (χ3v) is 5.33. The van der Waals surface area contributed by atoms with Gasteiger partial charge in [0.25, 0.3) is 0 Å². The maximum absolute atomic E-state index is 12.0. The average Bonchev–Trinajstić information content (AvgIpc) is 2.98. The van der Waals surface area contributed by atoms with E-state index in [0.29, 0.717) is 12.2 Å². The summed E-state index contributed by atoms with van der Waals surface area (Å²) in [7, 11) is 0.614. The quantitative estimate of drug-likeness (QED) is 0.647. The first-order valence-electron chi connectivity index (χ1n) is 5.97. The fourth-order valence-corrected chi connectivity index (χ4v) is 3.69. The summed E-state index contributed by atoms with van der Waals surface area (Å²) >= 11 is 0. The van der Waals surface area contributed by atoms with E-state index in [2.05, 4.69) is 11.7 Å². The van der Waals surface area contributed by atoms with Gasteiger partial charge in [0.05, 0.1) is 13.5 Å². The summed E-state index contributed by atoms with van der Waals surface area (Å²) in [6.45, 7) is 4.14. The number of hydrogen-bond donors (Lipinski definition) is 0. The van der Waals surface area contributed by atoms with Crippen LogP contribution in [0.2, 0.25) is 0 Å². The Morgan fingerprint density at radius 1 is 1.50 bits per heavy atom. The maximum atomic E-state index is 12.0. The number of rotatable bonds is 7. The zero-order valence-corrected chi connectivity index (χ0v) is 11.3. The standard InChI is InChI=1S/C12H22O3S/c1-4-5-10(2)16(14)9-12(6-7-12)8-11(13)15-3/h10H,4-9H2,1-3H3. The molecule has 2 unspecified atom stereocenters. The van der Waals surface area contributed by atoms with Gasteiger partial charge in [0, 0.05) is 21.8 Å². The number of ether oxygens (including phenoxy) is 1. The van der Waals surface area contributed by atoms with E-state index >= 15 is 0 Å². The van der Waals surface area contributed by atoms with Gasteiger partial charge >= 0.3 is 5.97 Å². The van der Waals surface area contributed by atoms with Crippen molar-refractivity contribution in [2.75, 3.05) is 12.9 Å². The molecule has 16 heavy (non-hydrogen) atoms. The van der Waals surface area contributed by atoms with Crippen LogP contribution >= 0.6 is 0 Å². The molecule has 3 nitrogen and oxygen atoms in total. The van der Waals surface area contributed by atoms with Gasteiger partial charge in [-0.15, -0.1) is 0 Å². The lowest BCUT2D eigenvalue weighted by Crippen LogP contribution is -2.23. The number of carbonyl (C=O) groups excluding carboxylic acids is 1. The molecule has 0 saturated heterocycles. The lowest BCUT2D eigenvalue weighted by Gasteiger charge is -2.16. The van der Waals surface area contributed by atoms with Crippen molar-refractivity contribution in [3.8, 4) is 0 Å². The number of esters is 1. The second-order valence-electron chi connectivity index (χ2n) is 4.88. The molecule has 0 aromatic heterocycles. The summed E-state index contributed by atoms with van der Waals surface area (Å²) in [5.74, 6) is 0.501. The monoisotopic (exact) mass is 246 g/mol. The van der Waals surface area contributed by atoms with E-state index in [9.17, 15) is 9.00 Å². The molecule has 4 heteroatoms. The van der Waals surface area contributed by atoms with Gasteiger partial charge in [-0.25, -0.2) is 0 Å². The Labute approximate surface area is 100 Å². The highest BCUT2D eigenvalue weighted by atomic mass is 32.2. The lowest BCUT2D eigenvalue weighted by atomic mass is 10.1. The van der Waals surface area contributed by atoms with Crippen molar-refractivity contribution in [3.63, 3.8) is 0 Å². The van der Waals surface area contributed by atoms with E-state index in [1.54, 1.807) is 0 Å². The summed E-state index contributed by atoms with van der Waals surface area (Å²) < 4.78 is 16.7. The highest BCUT2D eigenvalue weighted by molar-refractivity contribution is 7.85. The molecule has 1 aliphatic rings. The molecule has 0 N–H and O–H groups in total. The molecule has 1 saturated carbocycles. The van der Waals surface area contributed by atoms with Gasteiger partial charge in [0.15, 0.2) is 0 Å². The minimum atomic E-state index is -0.798. The normalized spacial score (nSPS) is 21.2. The first-order chi connectivity index (χ1) is 7.53. The molecule has 0 amide bonds. The predicted molar refractivity (Wildman–Crippen MR) is 65.7 cm³/mol. The van der Waals surface area contributed by atoms with Crippen molar-refractivity contribution >= 4 is 16.8 Å². The van der Waals surface area contributed by atoms with E-state index in [1.807, 2.05) is 6.92 Å². The number of methoxy groups -OCH3 is 1. The Morgan fingerprint density at radius 2 is 2.12 bits per heavy atom. The molecule has 0 aromatic rings. The molecule has 0 bridgehead atoms. The van der Waals surface area contributed by atoms with Crippen LogP contribution in [0.4, 0.5) is 0 Å². The van der Waals surface area contributed by atoms with Crippen molar-refractivity contribution < 1.29 is 13.7 Å². The third kappa shape index (κ3) is 3.89. The molecule has 0 spiro atoms. The van der Waals surface area contributed by atoms with Gasteiger partial charge in [-0.1, -0.05) is 20.3 Å². The first kappa shape index (κ1) is 13.7. The van der Waals surface area contributed by atoms with Crippen LogP contribution in [0.25, 0.3) is 0 Å². The first-order valence-corrected chi connectivity index (χ1v) is 7.35. The largest absolute Gasteiger partial charge is 0.469 e. The van der Waals surface area contributed by atoms with E-state index < -0.39 is 10.8 Å². The van der Waals surface area contributed by atoms with Crippen LogP contribution in [-0.4, -0.2) is 28.3 Å². The molecule has 0 radical (unpaired) electrons. The fourth-order valence-electron chi connectivity index (χ4n) is 1.91. The fraction of sp³-hybridized carbons (Fsp3) is 0.917. The Balaban J connectivity index is 2.41. The zero-order chi connectivity index (χ0) is 12.2. The summed E-state index contributed by atoms with van der Waals surface area (Å²) in [6, 6.07) is 0. The molecule has 0 aliphatic heterocycles. The Kier molecular flexibility index (Phi) is 4.96. The Morgan fingerprint density at radius 3 is 2.56 bits per heavy atom. The SMILES string of the molecule is CCCC(C)S(=O)CC1(CC(=O)OC)CC1. The van der Waals surface area contributed by atoms with Crippen LogP contribution < -0.4 is 0 Å². The van der Waals surface area contributed by atoms with Crippen LogP contribution in [0.1, 0.15) is 46.0 Å². The predicted octanol–water partition coefficient (Wildman–Crippen LogP) is 2.27. The molecule has 1 aliphatic carbocycles. The van der Waals surface area contributed by atoms with Crippen molar-refractivity contribution in [2.45, 2.75) is 51.2 Å². The topological polar surface area (TPSA) is 43.4 Å². The molecule has 2 atom stereocenters. The molecule has 94 valence electrons. The minimum absolute atomic E-state index is 0.0000438. The highest BCUT2D eigenvalue weighted by Crippen LogP contribution is 2.50. The van der Waals surface area contributed by atoms with E-state index in [1.165, 1.54) is 7.11 Å². The van der Waals surface area contributed by atoms with Gasteiger partial charge in [-0.2, -0.15) is 0 Å². The Bertz CT molecular complexity index is 271. The van der Waals surface area contributed by atoms with Gasteiger partial charge in [0.2, 0.25) is 0 Å². The summed E-state index contributed by atoms with van der Waals surface area (Å²) in [5, 5.41) is 0.250. The van der Waals surface area contributed by atoms with Gasteiger partial charge in [0.1, 0.15) is 0 Å². The number of hydrogen-bond acceptors (Lipinski definition) is 3. The average molecular weight is 246 g/mol. The molecular formula is C12H22O3S. The lowest BCUT2D eigenvalue weighted by molar-refractivity contribution is -0.141. The number of carbonyl (C=O) groups is 1. The highest BCUT2D eigenvalue weighted by Gasteiger charge is 2.46. The van der Waals surface area contributed by atoms with Crippen LogP contribution in [-0.2, 0) is 20.3 Å². The van der Waals surface area contributed by atoms with Crippen LogP contribution in [0, 0.1) is 5.41 Å². The minimum Gasteiger partial charge on any atom is -0.469 e. The van der Waals surface area contributed by atoms with Gasteiger partial charge < -0.3 is 4.74 Å². The van der Waals surface area contributed by atoms with Gasteiger partial charge in [-0.05, 0) is 24.7 Å². The second-order valence-corrected chi connectivity index (χ2v) is 6.73. The second kappa shape index (κ2) is 5.80. The van der Waals surface area contributed by atoms with Crippen molar-refractivity contribution in [2.24, 2.45) is 5.41 Å². The van der Waals surface area contributed by atoms with Crippen molar-refractivity contribution in [1.29, 1.82) is 0 Å². The van der Waals surface area contributed by atoms with Crippen LogP contribution in [0.15, 0.2) is 0 Å². The van der Waals surface area contributed by atoms with E-state index in [4.69, 9.17) is 0 Å². The third-order valence-electron chi connectivity index (χ3n) is 3.30. The maximum Gasteiger partial charge on any atom is 0.306 e. The van der Waals surface area contributed by atoms with E-state index in [0.717, 1.165) is 25.7 Å². The van der Waals surface area contributed by atoms with Crippen molar-refractivity contribution in [3.05, 3.63) is 0 Å². The van der Waals surface area contributed by atoms with Crippen molar-refractivity contribution in [1.82, 2.24) is 0 Å². The summed E-state index contributed by atoms with van der Waals surface area (Å²) in [6.07, 6.45) is 4.55. The van der Waals surface area contributed by atoms with Crippen LogP contribution in [0.3, 0.4) is 0 Å².